The summed E-state index contributed by atoms with van der Waals surface area (Å²) in [6.45, 7) is 9.48. The Hall–Kier alpha value is -0.830. The molecule has 3 nitrogen and oxygen atoms in total. The van der Waals surface area contributed by atoms with E-state index in [1.54, 1.807) is 0 Å². The molecule has 1 aliphatic carbocycles. The van der Waals surface area contributed by atoms with E-state index in [1.165, 1.54) is 29.8 Å². The molecule has 1 aromatic heterocycles. The maximum absolute atomic E-state index is 5.86. The van der Waals surface area contributed by atoms with Crippen LogP contribution in [0.1, 0.15) is 49.7 Å². The van der Waals surface area contributed by atoms with Crippen LogP contribution in [0.15, 0.2) is 0 Å². The number of hydrogen-bond donors (Lipinski definition) is 1. The predicted molar refractivity (Wildman–Crippen MR) is 66.5 cm³/mol. The van der Waals surface area contributed by atoms with Gasteiger partial charge in [0.25, 0.3) is 0 Å². The van der Waals surface area contributed by atoms with Crippen LogP contribution in [0.25, 0.3) is 0 Å². The summed E-state index contributed by atoms with van der Waals surface area (Å²) in [4.78, 5) is 0. The Balaban J connectivity index is 2.27. The quantitative estimate of drug-likeness (QED) is 0.848. The van der Waals surface area contributed by atoms with E-state index in [0.29, 0.717) is 11.5 Å². The van der Waals surface area contributed by atoms with Crippen LogP contribution < -0.4 is 5.73 Å². The SMILES string of the molecule is Cc1nn(C(C)C)c(C)c1CC1(CN)CC1. The minimum Gasteiger partial charge on any atom is -0.330 e. The van der Waals surface area contributed by atoms with Gasteiger partial charge < -0.3 is 5.73 Å². The average Bonchev–Trinajstić information content (AvgIpc) is 2.96. The largest absolute Gasteiger partial charge is 0.330 e. The van der Waals surface area contributed by atoms with Gasteiger partial charge in [-0.3, -0.25) is 4.68 Å². The second-order valence-electron chi connectivity index (χ2n) is 5.57. The van der Waals surface area contributed by atoms with Crippen molar-refractivity contribution < 1.29 is 0 Å². The van der Waals surface area contributed by atoms with Crippen molar-refractivity contribution in [3.8, 4) is 0 Å². The molecule has 1 saturated carbocycles. The molecule has 1 fully saturated rings. The Morgan fingerprint density at radius 3 is 2.38 bits per heavy atom. The van der Waals surface area contributed by atoms with Crippen molar-refractivity contribution in [2.45, 2.75) is 53.0 Å². The van der Waals surface area contributed by atoms with Crippen molar-refractivity contribution in [1.82, 2.24) is 9.78 Å². The summed E-state index contributed by atoms with van der Waals surface area (Å²) in [7, 11) is 0. The Bertz CT molecular complexity index is 386. The molecule has 1 aliphatic rings. The fourth-order valence-corrected chi connectivity index (χ4v) is 2.46. The van der Waals surface area contributed by atoms with Crippen LogP contribution in [0.5, 0.6) is 0 Å². The zero-order valence-corrected chi connectivity index (χ0v) is 10.9. The molecule has 0 atom stereocenters. The highest BCUT2D eigenvalue weighted by atomic mass is 15.3. The lowest BCUT2D eigenvalue weighted by Gasteiger charge is -2.13. The lowest BCUT2D eigenvalue weighted by Crippen LogP contribution is -2.18. The van der Waals surface area contributed by atoms with Gasteiger partial charge in [-0.2, -0.15) is 5.10 Å². The van der Waals surface area contributed by atoms with Gasteiger partial charge in [-0.1, -0.05) is 0 Å². The zero-order valence-electron chi connectivity index (χ0n) is 10.9. The average molecular weight is 221 g/mol. The molecule has 16 heavy (non-hydrogen) atoms. The first-order chi connectivity index (χ1) is 7.49. The van der Waals surface area contributed by atoms with Gasteiger partial charge in [0, 0.05) is 11.7 Å². The second kappa shape index (κ2) is 3.88. The summed E-state index contributed by atoms with van der Waals surface area (Å²) >= 11 is 0. The van der Waals surface area contributed by atoms with E-state index in [2.05, 4.69) is 37.5 Å². The van der Waals surface area contributed by atoms with Gasteiger partial charge in [0.1, 0.15) is 0 Å². The Kier molecular flexibility index (Phi) is 2.82. The highest BCUT2D eigenvalue weighted by Crippen LogP contribution is 2.48. The van der Waals surface area contributed by atoms with Crippen LogP contribution >= 0.6 is 0 Å². The molecule has 0 radical (unpaired) electrons. The monoisotopic (exact) mass is 221 g/mol. The maximum atomic E-state index is 5.86. The van der Waals surface area contributed by atoms with Crippen molar-refractivity contribution in [2.24, 2.45) is 11.1 Å². The fraction of sp³-hybridized carbons (Fsp3) is 0.769. The van der Waals surface area contributed by atoms with Crippen LogP contribution in [0.2, 0.25) is 0 Å². The maximum Gasteiger partial charge on any atom is 0.0628 e. The molecule has 90 valence electrons. The molecule has 1 aromatic rings. The number of nitrogens with two attached hydrogens (primary N) is 1. The van der Waals surface area contributed by atoms with Crippen LogP contribution in [-0.2, 0) is 6.42 Å². The lowest BCUT2D eigenvalue weighted by molar-refractivity contribution is 0.505. The number of nitrogens with zero attached hydrogens (tertiary/aromatic N) is 2. The topological polar surface area (TPSA) is 43.8 Å². The zero-order chi connectivity index (χ0) is 11.9. The molecule has 0 aromatic carbocycles. The highest BCUT2D eigenvalue weighted by molar-refractivity contribution is 5.27. The Morgan fingerprint density at radius 1 is 1.38 bits per heavy atom. The third-order valence-corrected chi connectivity index (χ3v) is 3.91. The first-order valence-corrected chi connectivity index (χ1v) is 6.24. The van der Waals surface area contributed by atoms with Crippen LogP contribution in [0, 0.1) is 19.3 Å². The van der Waals surface area contributed by atoms with Gasteiger partial charge in [-0.05, 0) is 64.5 Å². The predicted octanol–water partition coefficient (Wildman–Crippen LogP) is 2.36. The minimum absolute atomic E-state index is 0.403. The van der Waals surface area contributed by atoms with Gasteiger partial charge in [0.05, 0.1) is 5.69 Å². The third kappa shape index (κ3) is 1.88. The van der Waals surface area contributed by atoms with Gasteiger partial charge in [-0.15, -0.1) is 0 Å². The van der Waals surface area contributed by atoms with E-state index in [0.717, 1.165) is 13.0 Å². The second-order valence-corrected chi connectivity index (χ2v) is 5.57. The first-order valence-electron chi connectivity index (χ1n) is 6.24. The molecule has 3 heteroatoms. The van der Waals surface area contributed by atoms with Crippen molar-refractivity contribution >= 4 is 0 Å². The Labute approximate surface area is 98.0 Å². The van der Waals surface area contributed by atoms with Crippen LogP contribution in [0.4, 0.5) is 0 Å². The number of aromatic nitrogens is 2. The van der Waals surface area contributed by atoms with Gasteiger partial charge in [0.15, 0.2) is 0 Å². The molecule has 1 heterocycles. The molecule has 0 amide bonds. The normalized spacial score (nSPS) is 18.1. The van der Waals surface area contributed by atoms with E-state index in [-0.39, 0.29) is 0 Å². The lowest BCUT2D eigenvalue weighted by atomic mass is 9.95. The summed E-state index contributed by atoms with van der Waals surface area (Å²) in [5.41, 5.74) is 10.2. The summed E-state index contributed by atoms with van der Waals surface area (Å²) in [6, 6.07) is 0.445. The summed E-state index contributed by atoms with van der Waals surface area (Å²) in [5, 5.41) is 4.63. The summed E-state index contributed by atoms with van der Waals surface area (Å²) in [6.07, 6.45) is 3.69. The third-order valence-electron chi connectivity index (χ3n) is 3.91. The number of rotatable bonds is 4. The standard InChI is InChI=1S/C13H23N3/c1-9(2)16-11(4)12(10(3)15-16)7-13(8-14)5-6-13/h9H,5-8,14H2,1-4H3. The van der Waals surface area contributed by atoms with Crippen molar-refractivity contribution in [1.29, 1.82) is 0 Å². The highest BCUT2D eigenvalue weighted by Gasteiger charge is 2.42. The molecule has 0 saturated heterocycles. The van der Waals surface area contributed by atoms with E-state index in [9.17, 15) is 0 Å². The fourth-order valence-electron chi connectivity index (χ4n) is 2.46. The van der Waals surface area contributed by atoms with E-state index >= 15 is 0 Å². The molecule has 2 rings (SSSR count). The molecule has 0 aliphatic heterocycles. The van der Waals surface area contributed by atoms with Crippen LogP contribution in [-0.4, -0.2) is 16.3 Å². The van der Waals surface area contributed by atoms with E-state index in [1.807, 2.05) is 0 Å². The molecule has 2 N–H and O–H groups in total. The molecular weight excluding hydrogens is 198 g/mol. The summed E-state index contributed by atoms with van der Waals surface area (Å²) in [5.74, 6) is 0. The van der Waals surface area contributed by atoms with Gasteiger partial charge in [-0.25, -0.2) is 0 Å². The molecular formula is C13H23N3. The number of aryl methyl sites for hydroxylation is 1. The summed E-state index contributed by atoms with van der Waals surface area (Å²) < 4.78 is 2.14. The van der Waals surface area contributed by atoms with E-state index < -0.39 is 0 Å². The Morgan fingerprint density at radius 2 is 2.00 bits per heavy atom. The minimum atomic E-state index is 0.403. The first kappa shape index (κ1) is 11.6. The molecule has 0 bridgehead atoms. The molecule has 0 unspecified atom stereocenters. The van der Waals surface area contributed by atoms with Crippen molar-refractivity contribution in [3.63, 3.8) is 0 Å². The van der Waals surface area contributed by atoms with E-state index in [4.69, 9.17) is 5.73 Å². The van der Waals surface area contributed by atoms with Crippen molar-refractivity contribution in [3.05, 3.63) is 17.0 Å². The van der Waals surface area contributed by atoms with Gasteiger partial charge in [0.2, 0.25) is 0 Å². The van der Waals surface area contributed by atoms with Gasteiger partial charge >= 0.3 is 0 Å². The molecule has 0 spiro atoms. The van der Waals surface area contributed by atoms with Crippen LogP contribution in [0.3, 0.4) is 0 Å². The van der Waals surface area contributed by atoms with Crippen molar-refractivity contribution in [2.75, 3.05) is 6.54 Å². The smallest absolute Gasteiger partial charge is 0.0628 e. The number of hydrogen-bond acceptors (Lipinski definition) is 2.